The summed E-state index contributed by atoms with van der Waals surface area (Å²) in [4.78, 5) is 0. The molecule has 0 unspecified atom stereocenters. The van der Waals surface area contributed by atoms with Gasteiger partial charge in [-0.3, -0.25) is 0 Å². The molecular formula is C14H10ClF3O2. The van der Waals surface area contributed by atoms with E-state index in [-0.39, 0.29) is 18.1 Å². The summed E-state index contributed by atoms with van der Waals surface area (Å²) >= 11 is 5.86. The Morgan fingerprint density at radius 3 is 2.30 bits per heavy atom. The van der Waals surface area contributed by atoms with Gasteiger partial charge in [-0.1, -0.05) is 23.7 Å². The third-order valence-corrected chi connectivity index (χ3v) is 2.90. The van der Waals surface area contributed by atoms with E-state index in [0.717, 1.165) is 12.1 Å². The van der Waals surface area contributed by atoms with Crippen molar-refractivity contribution in [1.82, 2.24) is 0 Å². The van der Waals surface area contributed by atoms with Crippen LogP contribution in [0.5, 0.6) is 11.5 Å². The average Bonchev–Trinajstić information content (AvgIpc) is 2.39. The molecular weight excluding hydrogens is 293 g/mol. The van der Waals surface area contributed by atoms with Crippen LogP contribution < -0.4 is 4.74 Å². The van der Waals surface area contributed by atoms with Crippen LogP contribution in [0, 0.1) is 0 Å². The topological polar surface area (TPSA) is 29.5 Å². The molecule has 2 aromatic rings. The van der Waals surface area contributed by atoms with E-state index in [1.807, 2.05) is 0 Å². The number of alkyl halides is 3. The predicted octanol–water partition coefficient (Wildman–Crippen LogP) is 4.64. The summed E-state index contributed by atoms with van der Waals surface area (Å²) in [5.74, 6) is 0.267. The maximum Gasteiger partial charge on any atom is 0.416 e. The van der Waals surface area contributed by atoms with Gasteiger partial charge < -0.3 is 9.84 Å². The van der Waals surface area contributed by atoms with E-state index in [1.165, 1.54) is 30.3 Å². The van der Waals surface area contributed by atoms with Gasteiger partial charge in [0.25, 0.3) is 0 Å². The molecule has 106 valence electrons. The first-order chi connectivity index (χ1) is 9.36. The molecule has 0 aliphatic carbocycles. The molecule has 0 aliphatic rings. The molecule has 0 spiro atoms. The zero-order chi connectivity index (χ0) is 14.8. The first-order valence-electron chi connectivity index (χ1n) is 5.64. The lowest BCUT2D eigenvalue weighted by Crippen LogP contribution is -2.05. The lowest BCUT2D eigenvalue weighted by molar-refractivity contribution is -0.137. The van der Waals surface area contributed by atoms with Gasteiger partial charge in [0.15, 0.2) is 0 Å². The third-order valence-electron chi connectivity index (χ3n) is 2.59. The number of hydrogen-bond acceptors (Lipinski definition) is 2. The fourth-order valence-electron chi connectivity index (χ4n) is 1.55. The van der Waals surface area contributed by atoms with Gasteiger partial charge in [-0.2, -0.15) is 13.2 Å². The van der Waals surface area contributed by atoms with E-state index in [1.54, 1.807) is 0 Å². The van der Waals surface area contributed by atoms with Gasteiger partial charge >= 0.3 is 6.18 Å². The molecule has 0 aliphatic heterocycles. The first-order valence-corrected chi connectivity index (χ1v) is 6.01. The number of halogens is 4. The van der Waals surface area contributed by atoms with Crippen LogP contribution in [0.1, 0.15) is 11.1 Å². The van der Waals surface area contributed by atoms with Crippen molar-refractivity contribution in [3.05, 3.63) is 58.6 Å². The highest BCUT2D eigenvalue weighted by atomic mass is 35.5. The molecule has 6 heteroatoms. The molecule has 0 fully saturated rings. The number of benzene rings is 2. The zero-order valence-electron chi connectivity index (χ0n) is 10.1. The maximum absolute atomic E-state index is 12.4. The van der Waals surface area contributed by atoms with Gasteiger partial charge in [-0.25, -0.2) is 0 Å². The molecule has 1 N–H and O–H groups in total. The smallest absolute Gasteiger partial charge is 0.416 e. The largest absolute Gasteiger partial charge is 0.508 e. The second-order valence-electron chi connectivity index (χ2n) is 4.10. The van der Waals surface area contributed by atoms with Crippen molar-refractivity contribution in [1.29, 1.82) is 0 Å². The Bertz CT molecular complexity index is 594. The number of aromatic hydroxyl groups is 1. The van der Waals surface area contributed by atoms with Crippen LogP contribution in [-0.4, -0.2) is 5.11 Å². The zero-order valence-corrected chi connectivity index (χ0v) is 10.9. The molecule has 0 saturated carbocycles. The SMILES string of the molecule is Oc1ccc(Cl)c(OCc2ccc(C(F)(F)F)cc2)c1. The number of hydrogen-bond donors (Lipinski definition) is 1. The van der Waals surface area contributed by atoms with Gasteiger partial charge in [-0.05, 0) is 29.8 Å². The van der Waals surface area contributed by atoms with E-state index in [0.29, 0.717) is 10.6 Å². The highest BCUT2D eigenvalue weighted by Gasteiger charge is 2.29. The van der Waals surface area contributed by atoms with Crippen LogP contribution in [0.3, 0.4) is 0 Å². The first kappa shape index (κ1) is 14.5. The van der Waals surface area contributed by atoms with Crippen molar-refractivity contribution in [3.63, 3.8) is 0 Å². The highest BCUT2D eigenvalue weighted by Crippen LogP contribution is 2.30. The van der Waals surface area contributed by atoms with E-state index in [4.69, 9.17) is 16.3 Å². The van der Waals surface area contributed by atoms with Gasteiger partial charge in [0.2, 0.25) is 0 Å². The Hall–Kier alpha value is -1.88. The third kappa shape index (κ3) is 3.57. The lowest BCUT2D eigenvalue weighted by atomic mass is 10.1. The predicted molar refractivity (Wildman–Crippen MR) is 68.9 cm³/mol. The van der Waals surface area contributed by atoms with Crippen molar-refractivity contribution in [3.8, 4) is 11.5 Å². The van der Waals surface area contributed by atoms with Crippen molar-refractivity contribution >= 4 is 11.6 Å². The summed E-state index contributed by atoms with van der Waals surface area (Å²) in [6.07, 6.45) is -4.35. The molecule has 2 aromatic carbocycles. The Kier molecular flexibility index (Phi) is 4.09. The van der Waals surface area contributed by atoms with E-state index < -0.39 is 11.7 Å². The summed E-state index contributed by atoms with van der Waals surface area (Å²) in [7, 11) is 0. The molecule has 0 radical (unpaired) electrons. The summed E-state index contributed by atoms with van der Waals surface area (Å²) in [5.41, 5.74) is -0.144. The van der Waals surface area contributed by atoms with Gasteiger partial charge in [0.05, 0.1) is 10.6 Å². The van der Waals surface area contributed by atoms with Crippen molar-refractivity contribution in [2.24, 2.45) is 0 Å². The van der Waals surface area contributed by atoms with Gasteiger partial charge in [-0.15, -0.1) is 0 Å². The van der Waals surface area contributed by atoms with Crippen molar-refractivity contribution in [2.45, 2.75) is 12.8 Å². The second-order valence-corrected chi connectivity index (χ2v) is 4.51. The molecule has 2 nitrogen and oxygen atoms in total. The molecule has 0 saturated heterocycles. The minimum absolute atomic E-state index is 0.00295. The van der Waals surface area contributed by atoms with Crippen LogP contribution in [0.15, 0.2) is 42.5 Å². The summed E-state index contributed by atoms with van der Waals surface area (Å²) < 4.78 is 42.5. The van der Waals surface area contributed by atoms with E-state index in [2.05, 4.69) is 0 Å². The van der Waals surface area contributed by atoms with Crippen molar-refractivity contribution in [2.75, 3.05) is 0 Å². The van der Waals surface area contributed by atoms with Crippen LogP contribution in [0.25, 0.3) is 0 Å². The highest BCUT2D eigenvalue weighted by molar-refractivity contribution is 6.32. The summed E-state index contributed by atoms with van der Waals surface area (Å²) in [6, 6.07) is 8.86. The number of phenols is 1. The number of ether oxygens (including phenoxy) is 1. The van der Waals surface area contributed by atoms with E-state index >= 15 is 0 Å². The molecule has 2 rings (SSSR count). The van der Waals surface area contributed by atoms with Crippen LogP contribution >= 0.6 is 11.6 Å². The lowest BCUT2D eigenvalue weighted by Gasteiger charge is -2.10. The van der Waals surface area contributed by atoms with Gasteiger partial charge in [0.1, 0.15) is 18.1 Å². The minimum Gasteiger partial charge on any atom is -0.508 e. The summed E-state index contributed by atoms with van der Waals surface area (Å²) in [6.45, 7) is 0.0569. The molecule has 0 heterocycles. The second kappa shape index (κ2) is 5.63. The Labute approximate surface area is 118 Å². The summed E-state index contributed by atoms with van der Waals surface area (Å²) in [5, 5.41) is 9.61. The standard InChI is InChI=1S/C14H10ClF3O2/c15-12-6-5-11(19)7-13(12)20-8-9-1-3-10(4-2-9)14(16,17)18/h1-7,19H,8H2. The normalized spacial score (nSPS) is 11.4. The fourth-order valence-corrected chi connectivity index (χ4v) is 1.73. The minimum atomic E-state index is -4.35. The van der Waals surface area contributed by atoms with Crippen molar-refractivity contribution < 1.29 is 23.0 Å². The number of rotatable bonds is 3. The Morgan fingerprint density at radius 1 is 1.05 bits per heavy atom. The average molecular weight is 303 g/mol. The Morgan fingerprint density at radius 2 is 1.70 bits per heavy atom. The quantitative estimate of drug-likeness (QED) is 0.894. The molecule has 20 heavy (non-hydrogen) atoms. The van der Waals surface area contributed by atoms with Crippen LogP contribution in [-0.2, 0) is 12.8 Å². The van der Waals surface area contributed by atoms with E-state index in [9.17, 15) is 18.3 Å². The Balaban J connectivity index is 2.06. The molecule has 0 amide bonds. The molecule has 0 aromatic heterocycles. The van der Waals surface area contributed by atoms with Gasteiger partial charge in [0, 0.05) is 6.07 Å². The maximum atomic E-state index is 12.4. The monoisotopic (exact) mass is 302 g/mol. The molecule has 0 bridgehead atoms. The number of phenolic OH excluding ortho intramolecular Hbond substituents is 1. The van der Waals surface area contributed by atoms with Crippen LogP contribution in [0.2, 0.25) is 5.02 Å². The molecule has 0 atom stereocenters. The fraction of sp³-hybridized carbons (Fsp3) is 0.143. The van der Waals surface area contributed by atoms with Crippen LogP contribution in [0.4, 0.5) is 13.2 Å².